The third-order valence-electron chi connectivity index (χ3n) is 1.75. The maximum Gasteiger partial charge on any atom is 0.295 e. The molecule has 0 aromatic heterocycles. The summed E-state index contributed by atoms with van der Waals surface area (Å²) in [5.41, 5.74) is 5.27. The second-order valence-corrected chi connectivity index (χ2v) is 2.87. The number of benzene rings is 1. The van der Waals surface area contributed by atoms with Crippen LogP contribution in [0.25, 0.3) is 0 Å². The molecule has 0 aliphatic rings. The molecular weight excluding hydrogens is 203 g/mol. The molecule has 1 rings (SSSR count). The summed E-state index contributed by atoms with van der Waals surface area (Å²) in [6, 6.07) is 4.14. The van der Waals surface area contributed by atoms with Gasteiger partial charge in [0.05, 0.1) is 24.3 Å². The largest absolute Gasteiger partial charge is 0.493 e. The number of rotatable bonds is 5. The number of nitrogen functional groups attached to an aromatic ring is 1. The van der Waals surface area contributed by atoms with Gasteiger partial charge >= 0.3 is 0 Å². The van der Waals surface area contributed by atoms with E-state index in [4.69, 9.17) is 10.5 Å². The Balaban J connectivity index is 2.74. The molecule has 0 fully saturated rings. The van der Waals surface area contributed by atoms with Gasteiger partial charge in [0, 0.05) is 6.42 Å². The van der Waals surface area contributed by atoms with Crippen LogP contribution < -0.4 is 10.5 Å². The first-order valence-corrected chi connectivity index (χ1v) is 4.38. The highest BCUT2D eigenvalue weighted by atomic mass is 19.1. The van der Waals surface area contributed by atoms with Gasteiger partial charge < -0.3 is 10.5 Å². The Morgan fingerprint density at radius 3 is 2.87 bits per heavy atom. The quantitative estimate of drug-likeness (QED) is 0.351. The molecule has 0 radical (unpaired) electrons. The molecular formula is C9H11FN2O3. The van der Waals surface area contributed by atoms with E-state index in [-0.39, 0.29) is 24.4 Å². The van der Waals surface area contributed by atoms with Crippen molar-refractivity contribution in [2.75, 3.05) is 19.0 Å². The number of hydrogen-bond donors (Lipinski definition) is 1. The Hall–Kier alpha value is -1.85. The molecule has 1 aromatic carbocycles. The number of nitrogens with two attached hydrogens (primary N) is 1. The molecule has 0 saturated carbocycles. The lowest BCUT2D eigenvalue weighted by atomic mass is 10.2. The van der Waals surface area contributed by atoms with E-state index < -0.39 is 11.6 Å². The minimum Gasteiger partial charge on any atom is -0.493 e. The number of nitro groups is 1. The lowest BCUT2D eigenvalue weighted by Crippen LogP contribution is -2.00. The SMILES string of the molecule is Nc1ccc(OCCCF)cc1[N+](=O)[O-]. The first-order valence-electron chi connectivity index (χ1n) is 4.38. The first kappa shape index (κ1) is 11.2. The molecule has 0 unspecified atom stereocenters. The molecule has 1 aromatic rings. The van der Waals surface area contributed by atoms with Gasteiger partial charge in [0.1, 0.15) is 11.4 Å². The van der Waals surface area contributed by atoms with Crippen LogP contribution in [0, 0.1) is 10.1 Å². The molecule has 0 atom stereocenters. The molecule has 0 aliphatic carbocycles. The number of anilines is 1. The van der Waals surface area contributed by atoms with E-state index in [0.717, 1.165) is 0 Å². The van der Waals surface area contributed by atoms with Crippen LogP contribution in [0.5, 0.6) is 5.75 Å². The number of alkyl halides is 1. The van der Waals surface area contributed by atoms with Gasteiger partial charge in [-0.3, -0.25) is 14.5 Å². The molecule has 0 saturated heterocycles. The predicted octanol–water partition coefficient (Wildman–Crippen LogP) is 1.92. The van der Waals surface area contributed by atoms with Crippen molar-refractivity contribution in [2.45, 2.75) is 6.42 Å². The van der Waals surface area contributed by atoms with E-state index in [1.54, 1.807) is 0 Å². The summed E-state index contributed by atoms with van der Waals surface area (Å²) < 4.78 is 16.9. The van der Waals surface area contributed by atoms with Crippen molar-refractivity contribution in [3.63, 3.8) is 0 Å². The van der Waals surface area contributed by atoms with Crippen LogP contribution in [0.3, 0.4) is 0 Å². The van der Waals surface area contributed by atoms with Gasteiger partial charge in [0.15, 0.2) is 0 Å². The van der Waals surface area contributed by atoms with Crippen molar-refractivity contribution < 1.29 is 14.1 Å². The topological polar surface area (TPSA) is 78.4 Å². The fraction of sp³-hybridized carbons (Fsp3) is 0.333. The van der Waals surface area contributed by atoms with Crippen LogP contribution in [0.15, 0.2) is 18.2 Å². The smallest absolute Gasteiger partial charge is 0.295 e. The van der Waals surface area contributed by atoms with E-state index in [1.165, 1.54) is 18.2 Å². The van der Waals surface area contributed by atoms with Crippen molar-refractivity contribution in [1.29, 1.82) is 0 Å². The van der Waals surface area contributed by atoms with Crippen molar-refractivity contribution in [1.82, 2.24) is 0 Å². The van der Waals surface area contributed by atoms with E-state index in [2.05, 4.69) is 0 Å². The molecule has 82 valence electrons. The highest BCUT2D eigenvalue weighted by Crippen LogP contribution is 2.26. The third-order valence-corrected chi connectivity index (χ3v) is 1.75. The summed E-state index contributed by atoms with van der Waals surface area (Å²) >= 11 is 0. The molecule has 0 bridgehead atoms. The average Bonchev–Trinajstić information content (AvgIpc) is 2.20. The number of halogens is 1. The zero-order valence-electron chi connectivity index (χ0n) is 7.98. The van der Waals surface area contributed by atoms with Crippen LogP contribution in [0.2, 0.25) is 0 Å². The maximum absolute atomic E-state index is 11.8. The van der Waals surface area contributed by atoms with Gasteiger partial charge in [-0.15, -0.1) is 0 Å². The fourth-order valence-corrected chi connectivity index (χ4v) is 1.02. The predicted molar refractivity (Wildman–Crippen MR) is 53.6 cm³/mol. The van der Waals surface area contributed by atoms with Crippen LogP contribution in [-0.2, 0) is 0 Å². The van der Waals surface area contributed by atoms with Gasteiger partial charge in [-0.25, -0.2) is 0 Å². The van der Waals surface area contributed by atoms with Crippen molar-refractivity contribution in [3.05, 3.63) is 28.3 Å². The van der Waals surface area contributed by atoms with Crippen LogP contribution in [0.1, 0.15) is 6.42 Å². The van der Waals surface area contributed by atoms with E-state index in [1.807, 2.05) is 0 Å². The Bertz CT molecular complexity index is 357. The maximum atomic E-state index is 11.8. The third kappa shape index (κ3) is 3.08. The molecule has 2 N–H and O–H groups in total. The molecule has 6 heteroatoms. The normalized spacial score (nSPS) is 9.93. The lowest BCUT2D eigenvalue weighted by Gasteiger charge is -2.05. The lowest BCUT2D eigenvalue weighted by molar-refractivity contribution is -0.384. The van der Waals surface area contributed by atoms with Crippen molar-refractivity contribution >= 4 is 11.4 Å². The summed E-state index contributed by atoms with van der Waals surface area (Å²) in [5.74, 6) is 0.323. The number of nitro benzene ring substituents is 1. The zero-order valence-corrected chi connectivity index (χ0v) is 7.98. The zero-order chi connectivity index (χ0) is 11.3. The highest BCUT2D eigenvalue weighted by molar-refractivity contribution is 5.60. The van der Waals surface area contributed by atoms with E-state index >= 15 is 0 Å². The van der Waals surface area contributed by atoms with Gasteiger partial charge in [0.2, 0.25) is 0 Å². The molecule has 0 aliphatic heterocycles. The average molecular weight is 214 g/mol. The van der Waals surface area contributed by atoms with Gasteiger partial charge in [-0.05, 0) is 12.1 Å². The summed E-state index contributed by atoms with van der Waals surface area (Å²) in [6.07, 6.45) is 0.262. The number of hydrogen-bond acceptors (Lipinski definition) is 4. The van der Waals surface area contributed by atoms with Crippen LogP contribution in [0.4, 0.5) is 15.8 Å². The van der Waals surface area contributed by atoms with E-state index in [9.17, 15) is 14.5 Å². The van der Waals surface area contributed by atoms with Crippen LogP contribution >= 0.6 is 0 Å². The summed E-state index contributed by atoms with van der Waals surface area (Å²) in [7, 11) is 0. The molecule has 0 heterocycles. The van der Waals surface area contributed by atoms with Gasteiger partial charge in [-0.1, -0.05) is 0 Å². The summed E-state index contributed by atoms with van der Waals surface area (Å²) in [6.45, 7) is -0.283. The number of ether oxygens (including phenoxy) is 1. The van der Waals surface area contributed by atoms with E-state index in [0.29, 0.717) is 5.75 Å². The van der Waals surface area contributed by atoms with Crippen LogP contribution in [-0.4, -0.2) is 18.2 Å². The molecule has 0 spiro atoms. The Morgan fingerprint density at radius 2 is 2.27 bits per heavy atom. The van der Waals surface area contributed by atoms with Crippen molar-refractivity contribution in [3.8, 4) is 5.75 Å². The highest BCUT2D eigenvalue weighted by Gasteiger charge is 2.12. The van der Waals surface area contributed by atoms with Gasteiger partial charge in [0.25, 0.3) is 5.69 Å². The minimum absolute atomic E-state index is 0.0813. The molecule has 5 nitrogen and oxygen atoms in total. The molecule has 15 heavy (non-hydrogen) atoms. The minimum atomic E-state index is -0.586. The molecule has 0 amide bonds. The Morgan fingerprint density at radius 1 is 1.53 bits per heavy atom. The van der Waals surface area contributed by atoms with Crippen molar-refractivity contribution in [2.24, 2.45) is 0 Å². The Labute approximate surface area is 85.8 Å². The Kier molecular flexibility index (Phi) is 3.84. The second-order valence-electron chi connectivity index (χ2n) is 2.87. The fourth-order valence-electron chi connectivity index (χ4n) is 1.02. The standard InChI is InChI=1S/C9H11FN2O3/c10-4-1-5-15-7-2-3-8(11)9(6-7)12(13)14/h2-3,6H,1,4-5,11H2. The summed E-state index contributed by atoms with van der Waals surface area (Å²) in [5, 5.41) is 10.5. The first-order chi connectivity index (χ1) is 7.15. The van der Waals surface area contributed by atoms with Gasteiger partial charge in [-0.2, -0.15) is 0 Å². The second kappa shape index (κ2) is 5.14. The number of nitrogens with zero attached hydrogens (tertiary/aromatic N) is 1. The monoisotopic (exact) mass is 214 g/mol. The summed E-state index contributed by atoms with van der Waals surface area (Å²) in [4.78, 5) is 9.93.